The molecule has 15 atom stereocenters. The van der Waals surface area contributed by atoms with Crippen LogP contribution < -0.4 is 0 Å². The Balaban J connectivity index is 1.75. The van der Waals surface area contributed by atoms with Crippen molar-refractivity contribution in [3.8, 4) is 0 Å². The summed E-state index contributed by atoms with van der Waals surface area (Å²) >= 11 is 0. The Morgan fingerprint density at radius 3 is 2.18 bits per heavy atom. The third-order valence-electron chi connectivity index (χ3n) is 12.1. The molecule has 0 spiro atoms. The molecule has 0 radical (unpaired) electrons. The summed E-state index contributed by atoms with van der Waals surface area (Å²) in [6, 6.07) is 0. The molecular weight excluding hydrogens is 428 g/mol. The number of hydrogen-bond donors (Lipinski definition) is 4. The highest BCUT2D eigenvalue weighted by Gasteiger charge is 2.71. The maximum Gasteiger partial charge on any atom is 0.0682 e. The van der Waals surface area contributed by atoms with Gasteiger partial charge >= 0.3 is 0 Å². The van der Waals surface area contributed by atoms with Gasteiger partial charge in [-0.05, 0) is 78.9 Å². The molecule has 4 aliphatic rings. The maximum atomic E-state index is 12.1. The van der Waals surface area contributed by atoms with Crippen molar-refractivity contribution in [2.45, 2.75) is 105 Å². The molecule has 4 saturated carbocycles. The van der Waals surface area contributed by atoms with Crippen LogP contribution in [0.4, 0.5) is 0 Å². The zero-order chi connectivity index (χ0) is 25.4. The normalized spacial score (nSPS) is 57.2. The van der Waals surface area contributed by atoms with Crippen LogP contribution in [0.25, 0.3) is 0 Å². The lowest BCUT2D eigenvalue weighted by Gasteiger charge is -2.71. The molecule has 0 heterocycles. The van der Waals surface area contributed by atoms with E-state index in [1.54, 1.807) is 14.0 Å². The Labute approximate surface area is 207 Å². The van der Waals surface area contributed by atoms with Crippen LogP contribution in [0.2, 0.25) is 0 Å². The van der Waals surface area contributed by atoms with E-state index in [2.05, 4.69) is 34.6 Å². The van der Waals surface area contributed by atoms with E-state index in [4.69, 9.17) is 4.74 Å². The van der Waals surface area contributed by atoms with Crippen LogP contribution in [0.3, 0.4) is 0 Å². The first-order chi connectivity index (χ1) is 15.7. The summed E-state index contributed by atoms with van der Waals surface area (Å²) in [5.74, 6) is 1.66. The summed E-state index contributed by atoms with van der Waals surface area (Å²) in [5, 5.41) is 46.4. The van der Waals surface area contributed by atoms with Crippen molar-refractivity contribution < 1.29 is 25.2 Å². The molecule has 0 aromatic heterocycles. The van der Waals surface area contributed by atoms with Gasteiger partial charge in [0.15, 0.2) is 0 Å². The Kier molecular flexibility index (Phi) is 7.09. The fraction of sp³-hybridized carbons (Fsp3) is 1.00. The molecule has 4 N–H and O–H groups in total. The molecule has 34 heavy (non-hydrogen) atoms. The third kappa shape index (κ3) is 3.66. The molecule has 198 valence electrons. The van der Waals surface area contributed by atoms with Crippen LogP contribution in [0.5, 0.6) is 0 Å². The second kappa shape index (κ2) is 8.97. The molecule has 0 amide bonds. The van der Waals surface area contributed by atoms with Gasteiger partial charge in [0.1, 0.15) is 0 Å². The number of rotatable bonds is 4. The monoisotopic (exact) mass is 480 g/mol. The van der Waals surface area contributed by atoms with Gasteiger partial charge < -0.3 is 25.2 Å². The van der Waals surface area contributed by atoms with E-state index in [0.29, 0.717) is 23.7 Å². The first kappa shape index (κ1) is 26.9. The van der Waals surface area contributed by atoms with E-state index in [1.807, 2.05) is 6.92 Å². The van der Waals surface area contributed by atoms with Crippen LogP contribution >= 0.6 is 0 Å². The zero-order valence-electron chi connectivity index (χ0n) is 22.9. The van der Waals surface area contributed by atoms with Crippen LogP contribution in [-0.2, 0) is 4.74 Å². The van der Waals surface area contributed by atoms with Gasteiger partial charge in [-0.15, -0.1) is 0 Å². The number of aliphatic hydroxyl groups excluding tert-OH is 4. The molecule has 0 aromatic carbocycles. The van der Waals surface area contributed by atoms with Gasteiger partial charge in [-0.2, -0.15) is 0 Å². The molecule has 0 aromatic rings. The second-order valence-corrected chi connectivity index (χ2v) is 14.2. The van der Waals surface area contributed by atoms with Gasteiger partial charge in [-0.1, -0.05) is 48.0 Å². The number of fused-ring (bicyclic) bond motifs is 3. The van der Waals surface area contributed by atoms with Gasteiger partial charge in [-0.25, -0.2) is 0 Å². The molecule has 5 nitrogen and oxygen atoms in total. The van der Waals surface area contributed by atoms with Crippen LogP contribution in [0.15, 0.2) is 0 Å². The van der Waals surface area contributed by atoms with Crippen LogP contribution in [0, 0.1) is 63.6 Å². The molecule has 0 saturated heterocycles. The van der Waals surface area contributed by atoms with Gasteiger partial charge in [-0.3, -0.25) is 0 Å². The lowest BCUT2D eigenvalue weighted by molar-refractivity contribution is -0.299. The van der Waals surface area contributed by atoms with E-state index >= 15 is 0 Å². The first-order valence-corrected chi connectivity index (χ1v) is 13.9. The molecule has 5 heteroatoms. The summed E-state index contributed by atoms with van der Waals surface area (Å²) in [7, 11) is 1.78. The largest absolute Gasteiger partial charge is 0.393 e. The van der Waals surface area contributed by atoms with Crippen molar-refractivity contribution in [3.05, 3.63) is 0 Å². The summed E-state index contributed by atoms with van der Waals surface area (Å²) in [4.78, 5) is 0. The van der Waals surface area contributed by atoms with Crippen LogP contribution in [-0.4, -0.2) is 58.6 Å². The topological polar surface area (TPSA) is 90.2 Å². The number of hydrogen-bond acceptors (Lipinski definition) is 5. The minimum Gasteiger partial charge on any atom is -0.393 e. The van der Waals surface area contributed by atoms with Crippen LogP contribution in [0.1, 0.15) is 80.6 Å². The minimum atomic E-state index is -0.806. The predicted octanol–water partition coefficient (Wildman–Crippen LogP) is 4.11. The average Bonchev–Trinajstić information content (AvgIpc) is 2.70. The molecular formula is C29H52O5. The smallest absolute Gasteiger partial charge is 0.0682 e. The lowest BCUT2D eigenvalue weighted by Crippen LogP contribution is -2.73. The predicted molar refractivity (Wildman–Crippen MR) is 134 cm³/mol. The summed E-state index contributed by atoms with van der Waals surface area (Å²) in [5.41, 5.74) is -1.21. The van der Waals surface area contributed by atoms with Gasteiger partial charge in [0, 0.05) is 31.0 Å². The number of ether oxygens (including phenoxy) is 1. The summed E-state index contributed by atoms with van der Waals surface area (Å²) < 4.78 is 5.54. The fourth-order valence-corrected chi connectivity index (χ4v) is 10.6. The van der Waals surface area contributed by atoms with E-state index < -0.39 is 29.8 Å². The standard InChI is InChI=1S/C29H52O5/c1-15-9-10-19(17(3)13-34-8)20-12-27(5)14-28(6)11-16(2)21(18(4)30)25(32)29(28,7)26(33)23(27)24(31)22(15)20/h15-26,30-33H,9-14H2,1-8H3. The highest BCUT2D eigenvalue weighted by atomic mass is 16.5. The van der Waals surface area contributed by atoms with E-state index in [9.17, 15) is 20.4 Å². The van der Waals surface area contributed by atoms with Gasteiger partial charge in [0.25, 0.3) is 0 Å². The summed E-state index contributed by atoms with van der Waals surface area (Å²) in [6.07, 6.45) is 2.27. The molecule has 0 aliphatic heterocycles. The molecule has 4 fully saturated rings. The second-order valence-electron chi connectivity index (χ2n) is 14.2. The first-order valence-electron chi connectivity index (χ1n) is 13.9. The van der Waals surface area contributed by atoms with Crippen molar-refractivity contribution in [2.75, 3.05) is 13.7 Å². The van der Waals surface area contributed by atoms with Crippen molar-refractivity contribution >= 4 is 0 Å². The van der Waals surface area contributed by atoms with Crippen molar-refractivity contribution in [1.82, 2.24) is 0 Å². The van der Waals surface area contributed by atoms with Crippen molar-refractivity contribution in [1.29, 1.82) is 0 Å². The van der Waals surface area contributed by atoms with E-state index in [-0.39, 0.29) is 34.5 Å². The molecule has 15 unspecified atom stereocenters. The number of methoxy groups -OCH3 is 1. The third-order valence-corrected chi connectivity index (χ3v) is 12.1. The lowest BCUT2D eigenvalue weighted by atomic mass is 9.35. The number of aliphatic hydroxyl groups is 4. The van der Waals surface area contributed by atoms with E-state index in [0.717, 1.165) is 32.3 Å². The van der Waals surface area contributed by atoms with Crippen molar-refractivity contribution in [3.63, 3.8) is 0 Å². The Morgan fingerprint density at radius 2 is 1.59 bits per heavy atom. The quantitative estimate of drug-likeness (QED) is 0.486. The highest BCUT2D eigenvalue weighted by Crippen LogP contribution is 2.71. The molecule has 4 rings (SSSR count). The SMILES string of the molecule is COCC(C)C1CCC(C)C2C(O)C3C(O)C4(C)C(O)C(C(C)O)C(C)CC4(C)CC3(C)CC12. The Morgan fingerprint density at radius 1 is 0.941 bits per heavy atom. The minimum absolute atomic E-state index is 0.172. The van der Waals surface area contributed by atoms with Crippen molar-refractivity contribution in [2.24, 2.45) is 63.6 Å². The zero-order valence-corrected chi connectivity index (χ0v) is 22.9. The van der Waals surface area contributed by atoms with Gasteiger partial charge in [0.05, 0.1) is 24.4 Å². The van der Waals surface area contributed by atoms with Gasteiger partial charge in [0.2, 0.25) is 0 Å². The fourth-order valence-electron chi connectivity index (χ4n) is 10.6. The molecule has 0 bridgehead atoms. The summed E-state index contributed by atoms with van der Waals surface area (Å²) in [6.45, 7) is 15.8. The Bertz CT molecular complexity index is 742. The molecule has 4 aliphatic carbocycles. The average molecular weight is 481 g/mol. The highest BCUT2D eigenvalue weighted by molar-refractivity contribution is 5.20. The van der Waals surface area contributed by atoms with E-state index in [1.165, 1.54) is 6.42 Å². The Hall–Kier alpha value is -0.200. The maximum absolute atomic E-state index is 12.1.